The molecule has 1 atom stereocenters. The molecular formula is C18H26N2O2. The highest BCUT2D eigenvalue weighted by atomic mass is 16.6. The van der Waals surface area contributed by atoms with Gasteiger partial charge in [-0.05, 0) is 63.8 Å². The molecule has 1 unspecified atom stereocenters. The van der Waals surface area contributed by atoms with E-state index < -0.39 is 5.60 Å². The first kappa shape index (κ1) is 16.4. The zero-order valence-electron chi connectivity index (χ0n) is 13.9. The van der Waals surface area contributed by atoms with Crippen LogP contribution < -0.4 is 5.73 Å². The van der Waals surface area contributed by atoms with Crippen LogP contribution in [0.1, 0.15) is 38.3 Å². The van der Waals surface area contributed by atoms with Crippen molar-refractivity contribution < 1.29 is 9.53 Å². The highest BCUT2D eigenvalue weighted by molar-refractivity contribution is 5.69. The van der Waals surface area contributed by atoms with E-state index in [1.54, 1.807) is 0 Å². The second kappa shape index (κ2) is 6.42. The molecule has 1 amide bonds. The first-order chi connectivity index (χ1) is 10.3. The molecule has 4 heteroatoms. The number of aryl methyl sites for hydroxylation is 1. The van der Waals surface area contributed by atoms with Crippen LogP contribution in [0.3, 0.4) is 0 Å². The molecule has 0 bridgehead atoms. The van der Waals surface area contributed by atoms with Gasteiger partial charge in [-0.25, -0.2) is 4.79 Å². The maximum absolute atomic E-state index is 12.4. The number of benzene rings is 1. The number of amides is 1. The second-order valence-corrected chi connectivity index (χ2v) is 6.85. The standard InChI is InChI=1S/C18H26N2O2/c1-13-8-9-15(19)11-14(13)12-16-7-5-6-10-20(16)17(21)22-18(2,3)4/h5,7-9,11,16H,6,10,12,19H2,1-4H3. The number of hydrogen-bond acceptors (Lipinski definition) is 3. The molecule has 0 aromatic heterocycles. The van der Waals surface area contributed by atoms with Crippen molar-refractivity contribution in [2.45, 2.75) is 52.2 Å². The number of ether oxygens (including phenoxy) is 1. The fourth-order valence-corrected chi connectivity index (χ4v) is 2.60. The number of hydrogen-bond donors (Lipinski definition) is 1. The Bertz CT molecular complexity index is 573. The summed E-state index contributed by atoms with van der Waals surface area (Å²) in [6.07, 6.45) is 5.60. The lowest BCUT2D eigenvalue weighted by atomic mass is 9.97. The summed E-state index contributed by atoms with van der Waals surface area (Å²) in [5.74, 6) is 0. The van der Waals surface area contributed by atoms with Crippen LogP contribution in [0.4, 0.5) is 10.5 Å². The van der Waals surface area contributed by atoms with Crippen LogP contribution in [0, 0.1) is 6.92 Å². The van der Waals surface area contributed by atoms with Crippen molar-refractivity contribution in [3.05, 3.63) is 41.5 Å². The Labute approximate surface area is 132 Å². The van der Waals surface area contributed by atoms with Gasteiger partial charge in [-0.1, -0.05) is 18.2 Å². The first-order valence-electron chi connectivity index (χ1n) is 7.77. The third-order valence-electron chi connectivity index (χ3n) is 3.73. The predicted molar refractivity (Wildman–Crippen MR) is 89.8 cm³/mol. The number of nitrogen functional groups attached to an aromatic ring is 1. The molecular weight excluding hydrogens is 276 g/mol. The molecule has 1 aliphatic rings. The van der Waals surface area contributed by atoms with Crippen LogP contribution in [-0.4, -0.2) is 29.2 Å². The van der Waals surface area contributed by atoms with E-state index >= 15 is 0 Å². The zero-order valence-corrected chi connectivity index (χ0v) is 13.9. The Morgan fingerprint density at radius 2 is 2.14 bits per heavy atom. The maximum atomic E-state index is 12.4. The molecule has 1 aromatic carbocycles. The molecule has 0 spiro atoms. The Balaban J connectivity index is 2.16. The quantitative estimate of drug-likeness (QED) is 0.669. The SMILES string of the molecule is Cc1ccc(N)cc1CC1C=CCCN1C(=O)OC(C)(C)C. The normalized spacial score (nSPS) is 18.4. The molecule has 4 nitrogen and oxygen atoms in total. The van der Waals surface area contributed by atoms with Gasteiger partial charge in [-0.2, -0.15) is 0 Å². The Morgan fingerprint density at radius 3 is 2.82 bits per heavy atom. The highest BCUT2D eigenvalue weighted by Gasteiger charge is 2.28. The first-order valence-corrected chi connectivity index (χ1v) is 7.77. The number of nitrogens with two attached hydrogens (primary N) is 1. The summed E-state index contributed by atoms with van der Waals surface area (Å²) in [4.78, 5) is 14.2. The van der Waals surface area contributed by atoms with Gasteiger partial charge in [0.15, 0.2) is 0 Å². The topological polar surface area (TPSA) is 55.6 Å². The van der Waals surface area contributed by atoms with E-state index in [0.29, 0.717) is 6.54 Å². The van der Waals surface area contributed by atoms with Crippen molar-refractivity contribution in [3.63, 3.8) is 0 Å². The van der Waals surface area contributed by atoms with Gasteiger partial charge in [0.05, 0.1) is 6.04 Å². The number of carbonyl (C=O) groups is 1. The molecule has 0 radical (unpaired) electrons. The second-order valence-electron chi connectivity index (χ2n) is 6.85. The van der Waals surface area contributed by atoms with Gasteiger partial charge in [0.2, 0.25) is 0 Å². The molecule has 2 N–H and O–H groups in total. The average molecular weight is 302 g/mol. The van der Waals surface area contributed by atoms with E-state index in [1.165, 1.54) is 11.1 Å². The van der Waals surface area contributed by atoms with Gasteiger partial charge in [0.25, 0.3) is 0 Å². The summed E-state index contributed by atoms with van der Waals surface area (Å²) in [6.45, 7) is 8.43. The molecule has 1 heterocycles. The van der Waals surface area contributed by atoms with Crippen LogP contribution in [0.2, 0.25) is 0 Å². The van der Waals surface area contributed by atoms with E-state index in [1.807, 2.05) is 43.9 Å². The summed E-state index contributed by atoms with van der Waals surface area (Å²) >= 11 is 0. The summed E-state index contributed by atoms with van der Waals surface area (Å²) in [5, 5.41) is 0. The van der Waals surface area contributed by atoms with Crippen molar-refractivity contribution >= 4 is 11.8 Å². The molecule has 2 rings (SSSR count). The van der Waals surface area contributed by atoms with E-state index in [-0.39, 0.29) is 12.1 Å². The highest BCUT2D eigenvalue weighted by Crippen LogP contribution is 2.22. The molecule has 22 heavy (non-hydrogen) atoms. The third kappa shape index (κ3) is 4.26. The van der Waals surface area contributed by atoms with Gasteiger partial charge in [-0.15, -0.1) is 0 Å². The lowest BCUT2D eigenvalue weighted by molar-refractivity contribution is 0.0193. The van der Waals surface area contributed by atoms with Crippen LogP contribution in [0.15, 0.2) is 30.4 Å². The van der Waals surface area contributed by atoms with Gasteiger partial charge >= 0.3 is 6.09 Å². The minimum absolute atomic E-state index is 0.0177. The third-order valence-corrected chi connectivity index (χ3v) is 3.73. The Kier molecular flexibility index (Phi) is 4.79. The largest absolute Gasteiger partial charge is 0.444 e. The summed E-state index contributed by atoms with van der Waals surface area (Å²) < 4.78 is 5.53. The van der Waals surface area contributed by atoms with Gasteiger partial charge in [0.1, 0.15) is 5.60 Å². The Morgan fingerprint density at radius 1 is 1.41 bits per heavy atom. The molecule has 0 fully saturated rings. The molecule has 1 aromatic rings. The van der Waals surface area contributed by atoms with Gasteiger partial charge in [0, 0.05) is 12.2 Å². The summed E-state index contributed by atoms with van der Waals surface area (Å²) in [6, 6.07) is 5.94. The van der Waals surface area contributed by atoms with E-state index in [9.17, 15) is 4.79 Å². The van der Waals surface area contributed by atoms with Crippen molar-refractivity contribution in [1.29, 1.82) is 0 Å². The average Bonchev–Trinajstić information content (AvgIpc) is 2.41. The lowest BCUT2D eigenvalue weighted by Gasteiger charge is -2.34. The predicted octanol–water partition coefficient (Wildman–Crippen LogP) is 3.69. The summed E-state index contributed by atoms with van der Waals surface area (Å²) in [7, 11) is 0. The zero-order chi connectivity index (χ0) is 16.3. The Hall–Kier alpha value is -1.97. The smallest absolute Gasteiger partial charge is 0.410 e. The summed E-state index contributed by atoms with van der Waals surface area (Å²) in [5.41, 5.74) is 8.53. The number of nitrogens with zero attached hydrogens (tertiary/aromatic N) is 1. The van der Waals surface area contributed by atoms with Crippen LogP contribution >= 0.6 is 0 Å². The fraction of sp³-hybridized carbons (Fsp3) is 0.500. The molecule has 0 saturated heterocycles. The number of anilines is 1. The fourth-order valence-electron chi connectivity index (χ4n) is 2.60. The van der Waals surface area contributed by atoms with Crippen molar-refractivity contribution in [2.75, 3.05) is 12.3 Å². The van der Waals surface area contributed by atoms with Crippen molar-refractivity contribution in [3.8, 4) is 0 Å². The minimum atomic E-state index is -0.476. The number of rotatable bonds is 2. The molecule has 0 aliphatic carbocycles. The van der Waals surface area contributed by atoms with Gasteiger partial charge in [-0.3, -0.25) is 0 Å². The van der Waals surface area contributed by atoms with E-state index in [2.05, 4.69) is 19.1 Å². The molecule has 120 valence electrons. The van der Waals surface area contributed by atoms with Crippen LogP contribution in [0.25, 0.3) is 0 Å². The lowest BCUT2D eigenvalue weighted by Crippen LogP contribution is -2.45. The minimum Gasteiger partial charge on any atom is -0.444 e. The van der Waals surface area contributed by atoms with Crippen molar-refractivity contribution in [2.24, 2.45) is 0 Å². The van der Waals surface area contributed by atoms with E-state index in [4.69, 9.17) is 10.5 Å². The van der Waals surface area contributed by atoms with Gasteiger partial charge < -0.3 is 15.4 Å². The molecule has 0 saturated carbocycles. The van der Waals surface area contributed by atoms with Crippen LogP contribution in [-0.2, 0) is 11.2 Å². The van der Waals surface area contributed by atoms with Crippen molar-refractivity contribution in [1.82, 2.24) is 4.90 Å². The molecule has 1 aliphatic heterocycles. The number of carbonyl (C=O) groups excluding carboxylic acids is 1. The monoisotopic (exact) mass is 302 g/mol. The maximum Gasteiger partial charge on any atom is 0.410 e. The van der Waals surface area contributed by atoms with E-state index in [0.717, 1.165) is 18.5 Å². The van der Waals surface area contributed by atoms with Crippen LogP contribution in [0.5, 0.6) is 0 Å².